The van der Waals surface area contributed by atoms with Gasteiger partial charge in [0.2, 0.25) is 0 Å². The van der Waals surface area contributed by atoms with Gasteiger partial charge in [-0.3, -0.25) is 4.79 Å². The summed E-state index contributed by atoms with van der Waals surface area (Å²) in [5, 5.41) is 11.3. The van der Waals surface area contributed by atoms with Crippen molar-refractivity contribution in [3.63, 3.8) is 0 Å². The lowest BCUT2D eigenvalue weighted by Gasteiger charge is -2.16. The Labute approximate surface area is 163 Å². The third kappa shape index (κ3) is 4.75. The fraction of sp³-hybridized carbons (Fsp3) is 0.286. The molecule has 0 heterocycles. The molecule has 1 aliphatic rings. The Morgan fingerprint density at radius 1 is 1.04 bits per heavy atom. The molecule has 0 saturated carbocycles. The molecule has 0 radical (unpaired) electrons. The number of fused-ring (bicyclic) bond motifs is 3. The van der Waals surface area contributed by atoms with E-state index >= 15 is 0 Å². The van der Waals surface area contributed by atoms with Crippen molar-refractivity contribution in [1.82, 2.24) is 5.32 Å². The summed E-state index contributed by atoms with van der Waals surface area (Å²) in [6.07, 6.45) is -1.12. The minimum atomic E-state index is -1.29. The van der Waals surface area contributed by atoms with Crippen molar-refractivity contribution in [2.45, 2.75) is 25.3 Å². The molecule has 1 unspecified atom stereocenters. The number of nitrogens with one attached hydrogen (secondary N) is 1. The Bertz CT molecular complexity index is 820. The molecule has 0 saturated heterocycles. The van der Waals surface area contributed by atoms with Crippen molar-refractivity contribution in [2.75, 3.05) is 13.7 Å². The van der Waals surface area contributed by atoms with Crippen molar-refractivity contribution in [3.05, 3.63) is 59.7 Å². The molecule has 1 amide bonds. The van der Waals surface area contributed by atoms with E-state index in [1.165, 1.54) is 14.0 Å². The smallest absolute Gasteiger partial charge is 0.407 e. The first kappa shape index (κ1) is 21.1. The van der Waals surface area contributed by atoms with E-state index in [2.05, 4.69) is 11.1 Å². The SMILES string of the molecule is CC(=O)CC(NC(=O)OCC1c2ccccc2-c2ccccc21)C(=O)O.CN. The maximum Gasteiger partial charge on any atom is 0.407 e. The van der Waals surface area contributed by atoms with Gasteiger partial charge in [-0.2, -0.15) is 0 Å². The van der Waals surface area contributed by atoms with E-state index in [4.69, 9.17) is 9.84 Å². The van der Waals surface area contributed by atoms with Gasteiger partial charge in [-0.15, -0.1) is 0 Å². The number of aliphatic carboxylic acids is 1. The van der Waals surface area contributed by atoms with Crippen LogP contribution in [0.15, 0.2) is 48.5 Å². The van der Waals surface area contributed by atoms with E-state index in [-0.39, 0.29) is 24.7 Å². The molecular formula is C21H24N2O5. The quantitative estimate of drug-likeness (QED) is 0.704. The normalized spacial score (nSPS) is 12.7. The number of ketones is 1. The van der Waals surface area contributed by atoms with Crippen LogP contribution in [0.2, 0.25) is 0 Å². The Balaban J connectivity index is 0.00000136. The second-order valence-corrected chi connectivity index (χ2v) is 6.27. The van der Waals surface area contributed by atoms with Crippen molar-refractivity contribution in [3.8, 4) is 11.1 Å². The van der Waals surface area contributed by atoms with Crippen LogP contribution in [0, 0.1) is 0 Å². The highest BCUT2D eigenvalue weighted by atomic mass is 16.5. The van der Waals surface area contributed by atoms with Crippen LogP contribution >= 0.6 is 0 Å². The molecule has 1 atom stereocenters. The molecule has 3 rings (SSSR count). The molecule has 0 aliphatic heterocycles. The minimum Gasteiger partial charge on any atom is -0.480 e. The molecule has 0 bridgehead atoms. The average Bonchev–Trinajstić information content (AvgIpc) is 3.01. The fourth-order valence-corrected chi connectivity index (χ4v) is 3.27. The molecule has 0 aromatic heterocycles. The van der Waals surface area contributed by atoms with Crippen LogP contribution in [0.25, 0.3) is 11.1 Å². The predicted molar refractivity (Wildman–Crippen MR) is 105 cm³/mol. The summed E-state index contributed by atoms with van der Waals surface area (Å²) in [4.78, 5) is 34.3. The van der Waals surface area contributed by atoms with Gasteiger partial charge >= 0.3 is 12.1 Å². The number of carboxylic acids is 1. The zero-order valence-electron chi connectivity index (χ0n) is 15.8. The summed E-state index contributed by atoms with van der Waals surface area (Å²) in [6.45, 7) is 1.36. The maximum absolute atomic E-state index is 12.0. The highest BCUT2D eigenvalue weighted by Gasteiger charge is 2.29. The van der Waals surface area contributed by atoms with Crippen LogP contribution in [0.1, 0.15) is 30.4 Å². The Hall–Kier alpha value is -3.19. The Morgan fingerprint density at radius 3 is 2.00 bits per heavy atom. The molecule has 28 heavy (non-hydrogen) atoms. The first-order valence-corrected chi connectivity index (χ1v) is 8.89. The summed E-state index contributed by atoms with van der Waals surface area (Å²) in [5.41, 5.74) is 8.86. The molecule has 2 aromatic rings. The predicted octanol–water partition coefficient (Wildman–Crippen LogP) is 2.53. The monoisotopic (exact) mass is 384 g/mol. The largest absolute Gasteiger partial charge is 0.480 e. The van der Waals surface area contributed by atoms with Crippen LogP contribution in [0.3, 0.4) is 0 Å². The zero-order chi connectivity index (χ0) is 20.7. The van der Waals surface area contributed by atoms with Crippen molar-refractivity contribution in [1.29, 1.82) is 0 Å². The average molecular weight is 384 g/mol. The zero-order valence-corrected chi connectivity index (χ0v) is 15.8. The van der Waals surface area contributed by atoms with Crippen LogP contribution in [-0.4, -0.2) is 42.6 Å². The number of carbonyl (C=O) groups is 3. The molecule has 1 aliphatic carbocycles. The third-order valence-corrected chi connectivity index (χ3v) is 4.43. The fourth-order valence-electron chi connectivity index (χ4n) is 3.27. The number of alkyl carbamates (subject to hydrolysis) is 1. The van der Waals surface area contributed by atoms with Gasteiger partial charge in [0.1, 0.15) is 18.4 Å². The lowest BCUT2D eigenvalue weighted by Crippen LogP contribution is -2.42. The number of hydrogen-bond donors (Lipinski definition) is 3. The number of benzene rings is 2. The van der Waals surface area contributed by atoms with E-state index in [0.29, 0.717) is 0 Å². The molecule has 2 aromatic carbocycles. The third-order valence-electron chi connectivity index (χ3n) is 4.43. The van der Waals surface area contributed by atoms with Crippen LogP contribution < -0.4 is 11.1 Å². The number of ether oxygens (including phenoxy) is 1. The maximum atomic E-state index is 12.0. The van der Waals surface area contributed by atoms with E-state index in [9.17, 15) is 14.4 Å². The number of hydrogen-bond acceptors (Lipinski definition) is 5. The van der Waals surface area contributed by atoms with E-state index in [0.717, 1.165) is 22.3 Å². The number of rotatable bonds is 6. The summed E-state index contributed by atoms with van der Waals surface area (Å²) in [7, 11) is 1.50. The highest BCUT2D eigenvalue weighted by molar-refractivity contribution is 5.87. The molecule has 148 valence electrons. The first-order valence-electron chi connectivity index (χ1n) is 8.89. The van der Waals surface area contributed by atoms with Gasteiger partial charge in [-0.1, -0.05) is 48.5 Å². The van der Waals surface area contributed by atoms with Crippen LogP contribution in [0.5, 0.6) is 0 Å². The number of carbonyl (C=O) groups excluding carboxylic acids is 2. The Morgan fingerprint density at radius 2 is 1.54 bits per heavy atom. The van der Waals surface area contributed by atoms with Gasteiger partial charge in [0.05, 0.1) is 0 Å². The van der Waals surface area contributed by atoms with Crippen molar-refractivity contribution < 1.29 is 24.2 Å². The summed E-state index contributed by atoms with van der Waals surface area (Å²) in [5.74, 6) is -1.70. The minimum absolute atomic E-state index is 0.0896. The van der Waals surface area contributed by atoms with Crippen LogP contribution in [-0.2, 0) is 14.3 Å². The Kier molecular flexibility index (Phi) is 7.28. The summed E-state index contributed by atoms with van der Waals surface area (Å²) in [6, 6.07) is 14.6. The molecule has 0 fully saturated rings. The lowest BCUT2D eigenvalue weighted by molar-refractivity contribution is -0.141. The number of amides is 1. The van der Waals surface area contributed by atoms with E-state index in [1.807, 2.05) is 48.5 Å². The van der Waals surface area contributed by atoms with E-state index < -0.39 is 18.1 Å². The topological polar surface area (TPSA) is 119 Å². The van der Waals surface area contributed by atoms with Gasteiger partial charge in [0.15, 0.2) is 0 Å². The lowest BCUT2D eigenvalue weighted by atomic mass is 9.98. The standard InChI is InChI=1S/C20H19NO5.CH5N/c1-12(22)10-18(19(23)24)21-20(25)26-11-17-15-8-4-2-6-13(15)14-7-3-5-9-16(14)17;1-2/h2-9,17-18H,10-11H2,1H3,(H,21,25)(H,23,24);2H2,1H3. The molecule has 0 spiro atoms. The van der Waals surface area contributed by atoms with E-state index in [1.54, 1.807) is 0 Å². The molecular weight excluding hydrogens is 360 g/mol. The highest BCUT2D eigenvalue weighted by Crippen LogP contribution is 2.44. The van der Waals surface area contributed by atoms with Gasteiger partial charge in [0, 0.05) is 12.3 Å². The molecule has 4 N–H and O–H groups in total. The molecule has 7 nitrogen and oxygen atoms in total. The van der Waals surface area contributed by atoms with Crippen molar-refractivity contribution in [2.24, 2.45) is 5.73 Å². The summed E-state index contributed by atoms with van der Waals surface area (Å²) >= 11 is 0. The molecule has 7 heteroatoms. The van der Waals surface area contributed by atoms with Gasteiger partial charge in [-0.25, -0.2) is 9.59 Å². The van der Waals surface area contributed by atoms with Gasteiger partial charge in [-0.05, 0) is 36.2 Å². The first-order chi connectivity index (χ1) is 13.5. The summed E-state index contributed by atoms with van der Waals surface area (Å²) < 4.78 is 5.28. The van der Waals surface area contributed by atoms with Crippen molar-refractivity contribution >= 4 is 17.8 Å². The number of Topliss-reactive ketones (excluding diaryl/α,β-unsaturated/α-hetero) is 1. The number of carboxylic acid groups (broad SMARTS) is 1. The second kappa shape index (κ2) is 9.66. The number of nitrogens with two attached hydrogens (primary N) is 1. The second-order valence-electron chi connectivity index (χ2n) is 6.27. The van der Waals surface area contributed by atoms with Crippen LogP contribution in [0.4, 0.5) is 4.79 Å². The van der Waals surface area contributed by atoms with Gasteiger partial charge in [0.25, 0.3) is 0 Å². The van der Waals surface area contributed by atoms with Gasteiger partial charge < -0.3 is 20.9 Å².